The largest absolute Gasteiger partial charge is 0.493 e. The van der Waals surface area contributed by atoms with Gasteiger partial charge < -0.3 is 20.5 Å². The molecule has 2 aliphatic rings. The number of amides is 2. The van der Waals surface area contributed by atoms with Gasteiger partial charge in [0, 0.05) is 29.5 Å². The van der Waals surface area contributed by atoms with E-state index in [9.17, 15) is 9.59 Å². The topological polar surface area (TPSA) is 104 Å². The Morgan fingerprint density at radius 1 is 1.44 bits per heavy atom. The zero-order valence-electron chi connectivity index (χ0n) is 13.9. The number of rotatable bonds is 6. The van der Waals surface area contributed by atoms with Crippen molar-refractivity contribution in [2.75, 3.05) is 19.8 Å². The second-order valence-electron chi connectivity index (χ2n) is 6.61. The second-order valence-corrected chi connectivity index (χ2v) is 6.61. The molecule has 2 aromatic rings. The van der Waals surface area contributed by atoms with E-state index < -0.39 is 5.91 Å². The molecule has 130 valence electrons. The maximum atomic E-state index is 11.7. The molecule has 2 amide bonds. The van der Waals surface area contributed by atoms with Crippen LogP contribution in [0.4, 0.5) is 0 Å². The fourth-order valence-corrected chi connectivity index (χ4v) is 3.48. The monoisotopic (exact) mass is 341 g/mol. The number of carbonyl (C=O) groups is 2. The molecule has 25 heavy (non-hydrogen) atoms. The third kappa shape index (κ3) is 2.56. The van der Waals surface area contributed by atoms with Gasteiger partial charge in [-0.25, -0.2) is 4.98 Å². The Labute approximate surface area is 144 Å². The summed E-state index contributed by atoms with van der Waals surface area (Å²) in [6, 6.07) is 5.22. The summed E-state index contributed by atoms with van der Waals surface area (Å²) in [4.78, 5) is 27.6. The number of aromatic nitrogens is 1. The summed E-state index contributed by atoms with van der Waals surface area (Å²) in [5, 5.41) is 4.42. The summed E-state index contributed by atoms with van der Waals surface area (Å²) in [6.07, 6.45) is 2.49. The number of piperidine rings is 1. The molecule has 1 saturated heterocycles. The van der Waals surface area contributed by atoms with Crippen LogP contribution in [0.3, 0.4) is 0 Å². The van der Waals surface area contributed by atoms with Crippen molar-refractivity contribution in [1.82, 2.24) is 10.3 Å². The molecule has 1 saturated carbocycles. The maximum absolute atomic E-state index is 11.7. The van der Waals surface area contributed by atoms with Crippen molar-refractivity contribution in [1.29, 1.82) is 0 Å². The van der Waals surface area contributed by atoms with Crippen LogP contribution in [0, 0.1) is 11.3 Å². The first-order chi connectivity index (χ1) is 12.0. The average Bonchev–Trinajstić information content (AvgIpc) is 3.24. The third-order valence-corrected chi connectivity index (χ3v) is 5.01. The highest BCUT2D eigenvalue weighted by Crippen LogP contribution is 2.55. The van der Waals surface area contributed by atoms with Gasteiger partial charge in [0.15, 0.2) is 0 Å². The van der Waals surface area contributed by atoms with E-state index >= 15 is 0 Å². The normalized spacial score (nSPS) is 23.9. The molecule has 0 radical (unpaired) electrons. The standard InChI is InChI=1S/C18H19N3O4/c1-2-24-14-6-11-10(5-12(14)15(19)22)3-4-20-17(11)25-9-18-7-13(18)16(23)21-8-18/h3-6,13H,2,7-9H2,1H3,(H2,19,22)(H,21,23)/t13-,18-/m0/s1. The number of fused-ring (bicyclic) bond motifs is 2. The average molecular weight is 341 g/mol. The third-order valence-electron chi connectivity index (χ3n) is 5.01. The van der Waals surface area contributed by atoms with Gasteiger partial charge in [0.2, 0.25) is 11.8 Å². The van der Waals surface area contributed by atoms with E-state index in [1.54, 1.807) is 24.4 Å². The minimum atomic E-state index is -0.542. The molecular formula is C18H19N3O4. The van der Waals surface area contributed by atoms with E-state index in [2.05, 4.69) is 10.3 Å². The fourth-order valence-electron chi connectivity index (χ4n) is 3.48. The molecular weight excluding hydrogens is 322 g/mol. The molecule has 2 fully saturated rings. The number of primary amides is 1. The van der Waals surface area contributed by atoms with E-state index in [-0.39, 0.29) is 17.2 Å². The zero-order chi connectivity index (χ0) is 17.6. The van der Waals surface area contributed by atoms with Crippen LogP contribution in [0.15, 0.2) is 24.4 Å². The van der Waals surface area contributed by atoms with Gasteiger partial charge in [-0.15, -0.1) is 0 Å². The zero-order valence-corrected chi connectivity index (χ0v) is 13.9. The van der Waals surface area contributed by atoms with Crippen molar-refractivity contribution in [3.8, 4) is 11.6 Å². The summed E-state index contributed by atoms with van der Waals surface area (Å²) in [5.74, 6) is 0.511. The number of hydrogen-bond acceptors (Lipinski definition) is 5. The van der Waals surface area contributed by atoms with Crippen LogP contribution in [0.2, 0.25) is 0 Å². The number of nitrogens with two attached hydrogens (primary N) is 1. The second kappa shape index (κ2) is 5.61. The van der Waals surface area contributed by atoms with Crippen molar-refractivity contribution >= 4 is 22.6 Å². The first-order valence-electron chi connectivity index (χ1n) is 8.30. The van der Waals surface area contributed by atoms with Crippen molar-refractivity contribution in [3.05, 3.63) is 30.0 Å². The minimum absolute atomic E-state index is 0.0583. The number of ether oxygens (including phenoxy) is 2. The van der Waals surface area contributed by atoms with Gasteiger partial charge >= 0.3 is 0 Å². The molecule has 2 heterocycles. The lowest BCUT2D eigenvalue weighted by molar-refractivity contribution is -0.120. The smallest absolute Gasteiger partial charge is 0.252 e. The number of pyridine rings is 1. The van der Waals surface area contributed by atoms with Crippen LogP contribution in [-0.4, -0.2) is 36.6 Å². The highest BCUT2D eigenvalue weighted by atomic mass is 16.5. The SMILES string of the molecule is CCOc1cc2c(OC[C@]34CNC(=O)[C@@H]3C4)nccc2cc1C(N)=O. The summed E-state index contributed by atoms with van der Waals surface area (Å²) < 4.78 is 11.5. The number of benzene rings is 1. The Morgan fingerprint density at radius 3 is 2.92 bits per heavy atom. The van der Waals surface area contributed by atoms with Gasteiger partial charge in [-0.05, 0) is 36.9 Å². The van der Waals surface area contributed by atoms with Gasteiger partial charge in [-0.2, -0.15) is 0 Å². The molecule has 4 rings (SSSR count). The number of nitrogens with one attached hydrogen (secondary N) is 1. The Morgan fingerprint density at radius 2 is 2.28 bits per heavy atom. The lowest BCUT2D eigenvalue weighted by atomic mass is 10.1. The predicted molar refractivity (Wildman–Crippen MR) is 90.5 cm³/mol. The molecule has 1 aliphatic carbocycles. The van der Waals surface area contributed by atoms with E-state index in [0.29, 0.717) is 37.0 Å². The quantitative estimate of drug-likeness (QED) is 0.823. The summed E-state index contributed by atoms with van der Waals surface area (Å²) in [7, 11) is 0. The molecule has 0 bridgehead atoms. The molecule has 1 aromatic carbocycles. The van der Waals surface area contributed by atoms with Crippen LogP contribution >= 0.6 is 0 Å². The fraction of sp³-hybridized carbons (Fsp3) is 0.389. The van der Waals surface area contributed by atoms with Gasteiger partial charge in [0.05, 0.1) is 18.8 Å². The number of carbonyl (C=O) groups excluding carboxylic acids is 2. The summed E-state index contributed by atoms with van der Waals surface area (Å²) in [6.45, 7) is 3.34. The predicted octanol–water partition coefficient (Wildman–Crippen LogP) is 1.25. The Hall–Kier alpha value is -2.83. The van der Waals surface area contributed by atoms with Crippen molar-refractivity contribution in [2.45, 2.75) is 13.3 Å². The van der Waals surface area contributed by atoms with E-state index in [4.69, 9.17) is 15.2 Å². The Bertz CT molecular complexity index is 882. The summed E-state index contributed by atoms with van der Waals surface area (Å²) >= 11 is 0. The molecule has 0 spiro atoms. The van der Waals surface area contributed by atoms with Crippen molar-refractivity contribution < 1.29 is 19.1 Å². The molecule has 3 N–H and O–H groups in total. The minimum Gasteiger partial charge on any atom is -0.493 e. The molecule has 0 unspecified atom stereocenters. The van der Waals surface area contributed by atoms with Crippen LogP contribution in [0.5, 0.6) is 11.6 Å². The molecule has 1 aromatic heterocycles. The van der Waals surface area contributed by atoms with E-state index in [0.717, 1.165) is 17.2 Å². The van der Waals surface area contributed by atoms with E-state index in [1.807, 2.05) is 6.92 Å². The van der Waals surface area contributed by atoms with Crippen LogP contribution in [-0.2, 0) is 4.79 Å². The molecule has 7 heteroatoms. The van der Waals surface area contributed by atoms with Gasteiger partial charge in [-0.3, -0.25) is 9.59 Å². The Balaban J connectivity index is 1.66. The van der Waals surface area contributed by atoms with Gasteiger partial charge in [0.1, 0.15) is 5.75 Å². The highest BCUT2D eigenvalue weighted by molar-refractivity contribution is 6.01. The highest BCUT2D eigenvalue weighted by Gasteiger charge is 2.63. The summed E-state index contributed by atoms with van der Waals surface area (Å²) in [5.41, 5.74) is 5.68. The van der Waals surface area contributed by atoms with Crippen LogP contribution < -0.4 is 20.5 Å². The molecule has 7 nitrogen and oxygen atoms in total. The van der Waals surface area contributed by atoms with Crippen molar-refractivity contribution in [3.63, 3.8) is 0 Å². The first kappa shape index (κ1) is 15.7. The number of hydrogen-bond donors (Lipinski definition) is 2. The lowest BCUT2D eigenvalue weighted by Crippen LogP contribution is -2.24. The van der Waals surface area contributed by atoms with Crippen LogP contribution in [0.1, 0.15) is 23.7 Å². The first-order valence-corrected chi connectivity index (χ1v) is 8.30. The lowest BCUT2D eigenvalue weighted by Gasteiger charge is -2.15. The maximum Gasteiger partial charge on any atom is 0.252 e. The van der Waals surface area contributed by atoms with Gasteiger partial charge in [0.25, 0.3) is 5.91 Å². The Kier molecular flexibility index (Phi) is 3.52. The number of nitrogens with zero attached hydrogens (tertiary/aromatic N) is 1. The van der Waals surface area contributed by atoms with Crippen molar-refractivity contribution in [2.24, 2.45) is 17.1 Å². The molecule has 1 aliphatic heterocycles. The van der Waals surface area contributed by atoms with Gasteiger partial charge in [-0.1, -0.05) is 0 Å². The van der Waals surface area contributed by atoms with E-state index in [1.165, 1.54) is 0 Å². The molecule has 2 atom stereocenters. The van der Waals surface area contributed by atoms with Crippen LogP contribution in [0.25, 0.3) is 10.8 Å².